The maximum atomic E-state index is 12.7. The highest BCUT2D eigenvalue weighted by molar-refractivity contribution is 8.13. The Bertz CT molecular complexity index is 2240. The number of aromatic amines is 1. The number of nitrogens with zero attached hydrogens (tertiary/aromatic N) is 1. The van der Waals surface area contributed by atoms with Gasteiger partial charge >= 0.3 is 0 Å². The van der Waals surface area contributed by atoms with Crippen molar-refractivity contribution < 1.29 is 27.1 Å². The molecule has 1 aromatic heterocycles. The van der Waals surface area contributed by atoms with Crippen LogP contribution in [-0.4, -0.2) is 56.2 Å². The lowest BCUT2D eigenvalue weighted by Gasteiger charge is -2.40. The summed E-state index contributed by atoms with van der Waals surface area (Å²) >= 11 is 3.65. The molecule has 5 aliphatic rings. The summed E-state index contributed by atoms with van der Waals surface area (Å²) in [5.41, 5.74) is 15.7. The standard InChI is InChI=1S/C21H22N4O5S2.C20H28N2S2.H3N.H2O/c1-22-17-10-20(23-11-17)21(26)24-19-8-7-15(9-18(19)14-5-3-2-4-6-14)16-12-31(27,28)25-32(29,30)13-16;21-19-5-4-16(17-13-23-22-24-14-17)12-18(19)15-6-10-20(11-7-15)8-2-1-3-9-20;;/h5,7-11,16,23,25H,2-4,6,12-13H2,(H,24,26);4-6,12,17,22H,1-3,7-11,13-14,21H2;1H3;1H2. The van der Waals surface area contributed by atoms with Crippen molar-refractivity contribution in [1.82, 2.24) is 19.4 Å². The van der Waals surface area contributed by atoms with Gasteiger partial charge < -0.3 is 27.7 Å². The molecule has 11 N–H and O–H groups in total. The van der Waals surface area contributed by atoms with Crippen LogP contribution in [0.4, 0.5) is 17.1 Å². The van der Waals surface area contributed by atoms with Gasteiger partial charge in [0.05, 0.1) is 23.8 Å². The van der Waals surface area contributed by atoms with E-state index in [0.29, 0.717) is 28.3 Å². The number of nitrogens with two attached hydrogens (primary N) is 1. The number of rotatable bonds is 6. The zero-order valence-corrected chi connectivity index (χ0v) is 35.9. The maximum Gasteiger partial charge on any atom is 0.270 e. The molecule has 0 radical (unpaired) electrons. The Morgan fingerprint density at radius 1 is 0.828 bits per heavy atom. The van der Waals surface area contributed by atoms with Crippen LogP contribution in [-0.2, 0) is 20.0 Å². The Labute approximate surface area is 351 Å². The number of hydrogen-bond acceptors (Lipinski definition) is 10. The van der Waals surface area contributed by atoms with Gasteiger partial charge in [0, 0.05) is 52.0 Å². The van der Waals surface area contributed by atoms with Crippen LogP contribution < -0.4 is 25.5 Å². The van der Waals surface area contributed by atoms with Crippen molar-refractivity contribution in [2.24, 2.45) is 5.41 Å². The summed E-state index contributed by atoms with van der Waals surface area (Å²) in [4.78, 5) is 18.8. The molecule has 3 fully saturated rings. The molecular weight excluding hydrogens is 815 g/mol. The lowest BCUT2D eigenvalue weighted by Crippen LogP contribution is -2.43. The molecule has 0 atom stereocenters. The van der Waals surface area contributed by atoms with Gasteiger partial charge in [-0.3, -0.25) is 4.79 Å². The van der Waals surface area contributed by atoms with E-state index in [2.05, 4.69) is 49.6 Å². The molecule has 58 heavy (non-hydrogen) atoms. The Morgan fingerprint density at radius 3 is 2.14 bits per heavy atom. The Balaban J connectivity index is 0.000000221. The number of sulfonamides is 2. The molecule has 2 aliphatic heterocycles. The fourth-order valence-corrected chi connectivity index (χ4v) is 14.6. The Kier molecular flexibility index (Phi) is 15.4. The fraction of sp³-hybridized carbons (Fsp3) is 0.463. The summed E-state index contributed by atoms with van der Waals surface area (Å²) in [5, 5.41) is 2.86. The second kappa shape index (κ2) is 19.6. The molecule has 8 rings (SSSR count). The number of carbonyl (C=O) groups excluding carboxylic acids is 1. The number of hydrogen-bond donors (Lipinski definition) is 6. The van der Waals surface area contributed by atoms with Crippen molar-refractivity contribution in [1.29, 1.82) is 0 Å². The molecule has 0 bridgehead atoms. The molecule has 13 nitrogen and oxygen atoms in total. The third-order valence-electron chi connectivity index (χ3n) is 11.7. The highest BCUT2D eigenvalue weighted by atomic mass is 32.3. The number of carbonyl (C=O) groups is 1. The summed E-state index contributed by atoms with van der Waals surface area (Å²) in [7, 11) is -7.88. The molecule has 0 unspecified atom stereocenters. The predicted molar refractivity (Wildman–Crippen MR) is 239 cm³/mol. The molecular formula is C41H55N7O6S4. The number of aromatic nitrogens is 1. The molecule has 17 heteroatoms. The largest absolute Gasteiger partial charge is 0.412 e. The highest BCUT2D eigenvalue weighted by Gasteiger charge is 2.36. The van der Waals surface area contributed by atoms with E-state index in [0.717, 1.165) is 54.0 Å². The average molecular weight is 870 g/mol. The summed E-state index contributed by atoms with van der Waals surface area (Å²) in [5.74, 6) is 1.18. The summed E-state index contributed by atoms with van der Waals surface area (Å²) < 4.78 is 53.2. The van der Waals surface area contributed by atoms with Crippen LogP contribution in [0.3, 0.4) is 0 Å². The van der Waals surface area contributed by atoms with Gasteiger partial charge in [-0.05, 0) is 116 Å². The van der Waals surface area contributed by atoms with E-state index < -0.39 is 31.9 Å². The fourth-order valence-electron chi connectivity index (χ4n) is 8.67. The van der Waals surface area contributed by atoms with Crippen molar-refractivity contribution in [3.63, 3.8) is 0 Å². The molecule has 3 aromatic rings. The predicted octanol–water partition coefficient (Wildman–Crippen LogP) is 8.23. The topological polar surface area (TPSA) is 234 Å². The van der Waals surface area contributed by atoms with E-state index in [9.17, 15) is 21.6 Å². The monoisotopic (exact) mass is 869 g/mol. The summed E-state index contributed by atoms with van der Waals surface area (Å²) in [6.07, 6.45) is 20.9. The number of H-pyrrole nitrogens is 1. The van der Waals surface area contributed by atoms with Crippen LogP contribution in [0, 0.1) is 12.0 Å². The third kappa shape index (κ3) is 11.2. The minimum Gasteiger partial charge on any atom is -0.412 e. The van der Waals surface area contributed by atoms with Crippen LogP contribution in [0.5, 0.6) is 0 Å². The van der Waals surface area contributed by atoms with Crippen LogP contribution in [0.2, 0.25) is 0 Å². The average Bonchev–Trinajstić information content (AvgIpc) is 3.69. The van der Waals surface area contributed by atoms with Gasteiger partial charge in [0.15, 0.2) is 0 Å². The third-order valence-corrected chi connectivity index (χ3v) is 17.5. The first kappa shape index (κ1) is 45.5. The van der Waals surface area contributed by atoms with Gasteiger partial charge in [-0.15, -0.1) is 4.13 Å². The van der Waals surface area contributed by atoms with E-state index in [4.69, 9.17) is 12.3 Å². The van der Waals surface area contributed by atoms with E-state index in [-0.39, 0.29) is 28.8 Å². The van der Waals surface area contributed by atoms with Crippen LogP contribution in [0.25, 0.3) is 16.0 Å². The van der Waals surface area contributed by atoms with E-state index in [1.54, 1.807) is 22.3 Å². The molecule has 1 spiro atoms. The van der Waals surface area contributed by atoms with Crippen molar-refractivity contribution >= 4 is 78.1 Å². The van der Waals surface area contributed by atoms with Gasteiger partial charge in [0.1, 0.15) is 0 Å². The van der Waals surface area contributed by atoms with Gasteiger partial charge in [0.2, 0.25) is 25.7 Å². The van der Waals surface area contributed by atoms with Crippen molar-refractivity contribution in [2.75, 3.05) is 34.1 Å². The zero-order valence-electron chi connectivity index (χ0n) is 32.6. The SMILES string of the molecule is N.Nc1ccc(C2CSNSC2)cc1C1=CCC2(CCCCC2)CC1.O.[C-]#[N+]c1c[nH]c(C(=O)Nc2ccc(C3CS(=O)(=O)NS(=O)(=O)C3)cc2C2=CCCCC2)c1. The minimum atomic E-state index is -3.94. The second-order valence-electron chi connectivity index (χ2n) is 15.7. The first-order valence-corrected chi connectivity index (χ1v) is 24.7. The lowest BCUT2D eigenvalue weighted by molar-refractivity contribution is 0.102. The molecule has 2 saturated heterocycles. The quantitative estimate of drug-likeness (QED) is 0.0789. The maximum absolute atomic E-state index is 12.7. The van der Waals surface area contributed by atoms with Crippen molar-refractivity contribution in [2.45, 2.75) is 88.9 Å². The smallest absolute Gasteiger partial charge is 0.270 e. The normalized spacial score (nSPS) is 21.4. The molecule has 1 amide bonds. The first-order valence-electron chi connectivity index (χ1n) is 19.4. The number of nitrogen functional groups attached to an aromatic ring is 1. The zero-order chi connectivity index (χ0) is 39.3. The number of anilines is 2. The minimum absolute atomic E-state index is 0. The van der Waals surface area contributed by atoms with Gasteiger partial charge in [0.25, 0.3) is 5.91 Å². The van der Waals surface area contributed by atoms with Crippen LogP contribution in [0.1, 0.15) is 122 Å². The van der Waals surface area contributed by atoms with Crippen molar-refractivity contribution in [3.8, 4) is 0 Å². The first-order chi connectivity index (χ1) is 26.9. The number of nitrogens with one attached hydrogen (secondary N) is 4. The number of amides is 1. The number of allylic oxidation sites excluding steroid dienone is 4. The molecule has 3 aliphatic carbocycles. The molecule has 2 aromatic carbocycles. The second-order valence-corrected chi connectivity index (χ2v) is 21.4. The molecule has 314 valence electrons. The van der Waals surface area contributed by atoms with Gasteiger partial charge in [-0.25, -0.2) is 25.8 Å². The Hall–Kier alpha value is -3.60. The van der Waals surface area contributed by atoms with Crippen molar-refractivity contribution in [3.05, 3.63) is 100 Å². The van der Waals surface area contributed by atoms with Crippen LogP contribution in [0.15, 0.2) is 60.8 Å². The Morgan fingerprint density at radius 2 is 1.50 bits per heavy atom. The highest BCUT2D eigenvalue weighted by Crippen LogP contribution is 2.49. The summed E-state index contributed by atoms with van der Waals surface area (Å²) in [6.45, 7) is 7.04. The van der Waals surface area contributed by atoms with Gasteiger partial charge in [-0.1, -0.05) is 67.4 Å². The van der Waals surface area contributed by atoms with E-state index >= 15 is 0 Å². The van der Waals surface area contributed by atoms with E-state index in [1.165, 1.54) is 80.3 Å². The lowest BCUT2D eigenvalue weighted by atomic mass is 9.65. The molecule has 1 saturated carbocycles. The van der Waals surface area contributed by atoms with E-state index in [1.807, 2.05) is 23.9 Å². The van der Waals surface area contributed by atoms with Crippen LogP contribution >= 0.6 is 23.9 Å². The summed E-state index contributed by atoms with van der Waals surface area (Å²) in [6, 6.07) is 13.3. The van der Waals surface area contributed by atoms with Gasteiger partial charge in [-0.2, -0.15) is 0 Å². The number of benzene rings is 2. The molecule has 3 heterocycles.